The van der Waals surface area contributed by atoms with Gasteiger partial charge in [0.25, 0.3) is 0 Å². The third-order valence-corrected chi connectivity index (χ3v) is 5.39. The molecule has 1 aliphatic carbocycles. The van der Waals surface area contributed by atoms with Crippen LogP contribution in [0.25, 0.3) is 11.1 Å². The van der Waals surface area contributed by atoms with Crippen molar-refractivity contribution in [2.45, 2.75) is 52.6 Å². The Morgan fingerprint density at radius 2 is 1.50 bits per heavy atom. The van der Waals surface area contributed by atoms with E-state index < -0.39 is 5.97 Å². The Bertz CT molecular complexity index is 723. The molecule has 26 heavy (non-hydrogen) atoms. The zero-order valence-electron chi connectivity index (χ0n) is 15.9. The number of hydrogen-bond acceptors (Lipinski definition) is 3. The largest absolute Gasteiger partial charge is 0.373 e. The molecule has 1 saturated carbocycles. The second-order valence-electron chi connectivity index (χ2n) is 8.22. The maximum absolute atomic E-state index is 12.6. The van der Waals surface area contributed by atoms with Crippen LogP contribution in [0.15, 0.2) is 54.6 Å². The maximum atomic E-state index is 12.6. The van der Waals surface area contributed by atoms with E-state index in [9.17, 15) is 4.79 Å². The molecule has 3 rings (SSSR count). The molecule has 3 heteroatoms. The first-order valence-electron chi connectivity index (χ1n) is 9.47. The molecule has 0 spiro atoms. The molecule has 0 heterocycles. The lowest BCUT2D eigenvalue weighted by molar-refractivity contribution is -0.281. The second-order valence-corrected chi connectivity index (χ2v) is 8.22. The van der Waals surface area contributed by atoms with Crippen molar-refractivity contribution < 1.29 is 14.6 Å². The molecule has 0 aliphatic heterocycles. The predicted molar refractivity (Wildman–Crippen MR) is 104 cm³/mol. The number of carbonyl (C=O) groups is 1. The molecule has 0 N–H and O–H groups in total. The van der Waals surface area contributed by atoms with Crippen LogP contribution in [-0.4, -0.2) is 12.1 Å². The molecule has 0 saturated heterocycles. The van der Waals surface area contributed by atoms with E-state index in [0.717, 1.165) is 36.8 Å². The first kappa shape index (κ1) is 18.7. The smallest absolute Gasteiger partial charge is 0.293 e. The molecule has 138 valence electrons. The lowest BCUT2D eigenvalue weighted by atomic mass is 9.72. The SMILES string of the molecule is CC(C)(C)C1CCC(OOC(=O)c2ccccc2-c2ccccc2)CC1. The molecule has 0 radical (unpaired) electrons. The minimum Gasteiger partial charge on any atom is -0.293 e. The van der Waals surface area contributed by atoms with Gasteiger partial charge in [-0.15, -0.1) is 0 Å². The fraction of sp³-hybridized carbons (Fsp3) is 0.435. The van der Waals surface area contributed by atoms with Crippen molar-refractivity contribution in [2.24, 2.45) is 11.3 Å². The average Bonchev–Trinajstić information content (AvgIpc) is 2.66. The van der Waals surface area contributed by atoms with Gasteiger partial charge in [-0.25, -0.2) is 4.79 Å². The second kappa shape index (κ2) is 8.05. The van der Waals surface area contributed by atoms with E-state index in [0.29, 0.717) is 16.9 Å². The molecule has 0 aromatic heterocycles. The van der Waals surface area contributed by atoms with Crippen LogP contribution in [0.1, 0.15) is 56.8 Å². The van der Waals surface area contributed by atoms with Gasteiger partial charge in [0.2, 0.25) is 0 Å². The summed E-state index contributed by atoms with van der Waals surface area (Å²) in [5, 5.41) is 0. The highest BCUT2D eigenvalue weighted by atomic mass is 17.2. The van der Waals surface area contributed by atoms with Crippen LogP contribution in [0, 0.1) is 11.3 Å². The van der Waals surface area contributed by atoms with Gasteiger partial charge in [-0.05, 0) is 54.2 Å². The first-order chi connectivity index (χ1) is 12.4. The lowest BCUT2D eigenvalue weighted by Gasteiger charge is -2.36. The summed E-state index contributed by atoms with van der Waals surface area (Å²) < 4.78 is 0. The van der Waals surface area contributed by atoms with Crippen molar-refractivity contribution in [3.05, 3.63) is 60.2 Å². The van der Waals surface area contributed by atoms with E-state index in [1.165, 1.54) is 0 Å². The Labute approximate surface area is 156 Å². The van der Waals surface area contributed by atoms with Gasteiger partial charge >= 0.3 is 5.97 Å². The van der Waals surface area contributed by atoms with Gasteiger partial charge in [0.05, 0.1) is 5.56 Å². The summed E-state index contributed by atoms with van der Waals surface area (Å²) in [6.07, 6.45) is 4.12. The van der Waals surface area contributed by atoms with Crippen LogP contribution < -0.4 is 0 Å². The molecular formula is C23H28O3. The highest BCUT2D eigenvalue weighted by Crippen LogP contribution is 2.38. The Hall–Kier alpha value is -2.13. The standard InChI is InChI=1S/C23H28O3/c1-23(2,3)18-13-15-19(16-14-18)25-26-22(24)21-12-8-7-11-20(21)17-9-5-4-6-10-17/h4-12,18-19H,13-16H2,1-3H3. The number of rotatable bonds is 4. The van der Waals surface area contributed by atoms with Crippen molar-refractivity contribution in [1.82, 2.24) is 0 Å². The quantitative estimate of drug-likeness (QED) is 0.496. The Morgan fingerprint density at radius 1 is 0.885 bits per heavy atom. The summed E-state index contributed by atoms with van der Waals surface area (Å²) in [5.41, 5.74) is 2.71. The number of hydrogen-bond donors (Lipinski definition) is 0. The van der Waals surface area contributed by atoms with Gasteiger partial charge in [-0.3, -0.25) is 4.89 Å². The zero-order chi connectivity index (χ0) is 18.6. The molecule has 3 nitrogen and oxygen atoms in total. The summed E-state index contributed by atoms with van der Waals surface area (Å²) in [6.45, 7) is 6.87. The average molecular weight is 352 g/mol. The molecule has 2 aromatic rings. The summed E-state index contributed by atoms with van der Waals surface area (Å²) in [6, 6.07) is 17.3. The van der Waals surface area contributed by atoms with Gasteiger partial charge < -0.3 is 0 Å². The Kier molecular flexibility index (Phi) is 5.77. The summed E-state index contributed by atoms with van der Waals surface area (Å²) in [5.74, 6) is 0.277. The highest BCUT2D eigenvalue weighted by molar-refractivity contribution is 5.96. The van der Waals surface area contributed by atoms with E-state index in [-0.39, 0.29) is 6.10 Å². The van der Waals surface area contributed by atoms with Crippen LogP contribution in [0.5, 0.6) is 0 Å². The van der Waals surface area contributed by atoms with Crippen molar-refractivity contribution in [3.63, 3.8) is 0 Å². The van der Waals surface area contributed by atoms with Crippen LogP contribution in [0.2, 0.25) is 0 Å². The van der Waals surface area contributed by atoms with E-state index in [1.807, 2.05) is 48.5 Å². The molecule has 2 aromatic carbocycles. The van der Waals surface area contributed by atoms with Crippen molar-refractivity contribution in [1.29, 1.82) is 0 Å². The maximum Gasteiger partial charge on any atom is 0.373 e. The van der Waals surface area contributed by atoms with Crippen LogP contribution in [-0.2, 0) is 9.78 Å². The molecule has 0 bridgehead atoms. The molecule has 1 fully saturated rings. The Morgan fingerprint density at radius 3 is 2.15 bits per heavy atom. The number of carbonyl (C=O) groups excluding carboxylic acids is 1. The van der Waals surface area contributed by atoms with Gasteiger partial charge in [0.15, 0.2) is 0 Å². The number of benzene rings is 2. The minimum atomic E-state index is -0.428. The first-order valence-corrected chi connectivity index (χ1v) is 9.47. The van der Waals surface area contributed by atoms with Crippen LogP contribution >= 0.6 is 0 Å². The monoisotopic (exact) mass is 352 g/mol. The van der Waals surface area contributed by atoms with Crippen molar-refractivity contribution >= 4 is 5.97 Å². The van der Waals surface area contributed by atoms with E-state index >= 15 is 0 Å². The van der Waals surface area contributed by atoms with Crippen LogP contribution in [0.4, 0.5) is 0 Å². The van der Waals surface area contributed by atoms with Gasteiger partial charge in [-0.1, -0.05) is 69.3 Å². The van der Waals surface area contributed by atoms with Crippen molar-refractivity contribution in [3.8, 4) is 11.1 Å². The summed E-state index contributed by atoms with van der Waals surface area (Å²) >= 11 is 0. The van der Waals surface area contributed by atoms with E-state index in [1.54, 1.807) is 6.07 Å². The van der Waals surface area contributed by atoms with Gasteiger partial charge in [0.1, 0.15) is 6.10 Å². The summed E-state index contributed by atoms with van der Waals surface area (Å²) in [7, 11) is 0. The molecule has 0 amide bonds. The molecule has 0 atom stereocenters. The van der Waals surface area contributed by atoms with Crippen molar-refractivity contribution in [2.75, 3.05) is 0 Å². The minimum absolute atomic E-state index is 0.00133. The molecule has 0 unspecified atom stereocenters. The topological polar surface area (TPSA) is 35.5 Å². The fourth-order valence-corrected chi connectivity index (χ4v) is 3.71. The lowest BCUT2D eigenvalue weighted by Crippen LogP contribution is -2.29. The van der Waals surface area contributed by atoms with E-state index in [2.05, 4.69) is 20.8 Å². The zero-order valence-corrected chi connectivity index (χ0v) is 15.9. The molecular weight excluding hydrogens is 324 g/mol. The van der Waals surface area contributed by atoms with Crippen LogP contribution in [0.3, 0.4) is 0 Å². The summed E-state index contributed by atoms with van der Waals surface area (Å²) in [4.78, 5) is 23.3. The van der Waals surface area contributed by atoms with Gasteiger partial charge in [0, 0.05) is 0 Å². The normalized spacial score (nSPS) is 20.6. The Balaban J connectivity index is 1.60. The third kappa shape index (κ3) is 4.53. The third-order valence-electron chi connectivity index (χ3n) is 5.39. The van der Waals surface area contributed by atoms with E-state index in [4.69, 9.17) is 9.78 Å². The highest BCUT2D eigenvalue weighted by Gasteiger charge is 2.31. The fourth-order valence-electron chi connectivity index (χ4n) is 3.71. The predicted octanol–water partition coefficient (Wildman–Crippen LogP) is 6.05. The molecule has 1 aliphatic rings. The van der Waals surface area contributed by atoms with Gasteiger partial charge in [-0.2, -0.15) is 4.89 Å².